The van der Waals surface area contributed by atoms with Gasteiger partial charge < -0.3 is 10.2 Å². The van der Waals surface area contributed by atoms with Crippen LogP contribution in [0.4, 0.5) is 17.1 Å². The number of nitrogens with one attached hydrogen (secondary N) is 1. The van der Waals surface area contributed by atoms with Crippen LogP contribution in [-0.2, 0) is 5.41 Å². The van der Waals surface area contributed by atoms with Gasteiger partial charge in [-0.2, -0.15) is 0 Å². The number of rotatable bonds is 4. The fourth-order valence-corrected chi connectivity index (χ4v) is 3.65. The summed E-state index contributed by atoms with van der Waals surface area (Å²) in [6, 6.07) is 12.4. The molecule has 0 saturated carbocycles. The molecule has 2 aromatic rings. The van der Waals surface area contributed by atoms with Crippen LogP contribution in [0, 0.1) is 10.1 Å². The third-order valence-corrected chi connectivity index (χ3v) is 5.11. The van der Waals surface area contributed by atoms with Crippen molar-refractivity contribution >= 4 is 23.0 Å². The van der Waals surface area contributed by atoms with Crippen LogP contribution in [0.2, 0.25) is 0 Å². The molecule has 0 unspecified atom stereocenters. The Hall–Kier alpha value is -2.89. The van der Waals surface area contributed by atoms with E-state index in [0.29, 0.717) is 5.69 Å². The molecule has 0 aliphatic carbocycles. The molecule has 0 radical (unpaired) electrons. The Morgan fingerprint density at radius 2 is 1.75 bits per heavy atom. The zero-order valence-corrected chi connectivity index (χ0v) is 16.7. The minimum absolute atomic E-state index is 0.0151. The van der Waals surface area contributed by atoms with Crippen LogP contribution in [0.15, 0.2) is 42.5 Å². The van der Waals surface area contributed by atoms with Crippen LogP contribution in [0.1, 0.15) is 56.0 Å². The monoisotopic (exact) mass is 381 g/mol. The molecule has 0 bridgehead atoms. The van der Waals surface area contributed by atoms with E-state index in [1.54, 1.807) is 12.1 Å². The molecule has 0 atom stereocenters. The first-order valence-corrected chi connectivity index (χ1v) is 9.71. The average Bonchev–Trinajstić information content (AvgIpc) is 2.67. The highest BCUT2D eigenvalue weighted by Crippen LogP contribution is 2.33. The summed E-state index contributed by atoms with van der Waals surface area (Å²) < 4.78 is 0. The molecule has 3 rings (SSSR count). The van der Waals surface area contributed by atoms with Gasteiger partial charge in [-0.15, -0.1) is 0 Å². The molecule has 1 aliphatic heterocycles. The molecule has 1 heterocycles. The van der Waals surface area contributed by atoms with E-state index in [0.717, 1.165) is 43.6 Å². The zero-order valence-electron chi connectivity index (χ0n) is 16.7. The van der Waals surface area contributed by atoms with E-state index in [4.69, 9.17) is 0 Å². The number of hydrogen-bond donors (Lipinski definition) is 1. The van der Waals surface area contributed by atoms with Gasteiger partial charge in [0.05, 0.1) is 4.92 Å². The molecule has 1 N–H and O–H groups in total. The Balaban J connectivity index is 1.89. The fraction of sp³-hybridized carbons (Fsp3) is 0.409. The van der Waals surface area contributed by atoms with E-state index in [1.165, 1.54) is 6.07 Å². The van der Waals surface area contributed by atoms with Crippen molar-refractivity contribution in [1.82, 2.24) is 0 Å². The van der Waals surface area contributed by atoms with Crippen molar-refractivity contribution in [2.24, 2.45) is 0 Å². The van der Waals surface area contributed by atoms with Gasteiger partial charge in [-0.05, 0) is 48.4 Å². The lowest BCUT2D eigenvalue weighted by molar-refractivity contribution is -0.384. The first-order chi connectivity index (χ1) is 13.3. The number of piperidine rings is 1. The maximum absolute atomic E-state index is 12.8. The lowest BCUT2D eigenvalue weighted by Gasteiger charge is -2.28. The van der Waals surface area contributed by atoms with Gasteiger partial charge in [-0.3, -0.25) is 14.9 Å². The first kappa shape index (κ1) is 19.9. The highest BCUT2D eigenvalue weighted by atomic mass is 16.6. The lowest BCUT2D eigenvalue weighted by atomic mass is 9.86. The second kappa shape index (κ2) is 8.00. The summed E-state index contributed by atoms with van der Waals surface area (Å²) in [6.07, 6.45) is 3.21. The number of amides is 1. The van der Waals surface area contributed by atoms with Crippen molar-refractivity contribution in [3.05, 3.63) is 63.7 Å². The molecule has 0 spiro atoms. The molecule has 1 aliphatic rings. The molecule has 28 heavy (non-hydrogen) atoms. The predicted octanol–water partition coefficient (Wildman–Crippen LogP) is 5.13. The Morgan fingerprint density at radius 3 is 2.39 bits per heavy atom. The number of para-hydroxylation sites is 1. The highest BCUT2D eigenvalue weighted by molar-refractivity contribution is 6.05. The van der Waals surface area contributed by atoms with E-state index < -0.39 is 4.92 Å². The summed E-state index contributed by atoms with van der Waals surface area (Å²) in [5.41, 5.74) is 2.48. The Labute approximate surface area is 165 Å². The van der Waals surface area contributed by atoms with Crippen LogP contribution in [0.5, 0.6) is 0 Å². The van der Waals surface area contributed by atoms with Gasteiger partial charge in [0.15, 0.2) is 0 Å². The largest absolute Gasteiger partial charge is 0.366 e. The van der Waals surface area contributed by atoms with Crippen molar-refractivity contribution in [3.63, 3.8) is 0 Å². The van der Waals surface area contributed by atoms with E-state index in [2.05, 4.69) is 26.1 Å². The second-order valence-electron chi connectivity index (χ2n) is 8.26. The van der Waals surface area contributed by atoms with Crippen molar-refractivity contribution < 1.29 is 9.72 Å². The van der Waals surface area contributed by atoms with Gasteiger partial charge in [-0.1, -0.05) is 39.0 Å². The van der Waals surface area contributed by atoms with Crippen molar-refractivity contribution in [2.75, 3.05) is 23.3 Å². The van der Waals surface area contributed by atoms with Gasteiger partial charge in [-0.25, -0.2) is 0 Å². The fourth-order valence-electron chi connectivity index (χ4n) is 3.65. The smallest absolute Gasteiger partial charge is 0.293 e. The molecule has 2 aromatic carbocycles. The molecule has 1 amide bonds. The maximum atomic E-state index is 12.8. The van der Waals surface area contributed by atoms with Gasteiger partial charge in [0, 0.05) is 30.4 Å². The average molecular weight is 381 g/mol. The van der Waals surface area contributed by atoms with Gasteiger partial charge >= 0.3 is 0 Å². The third kappa shape index (κ3) is 4.32. The first-order valence-electron chi connectivity index (χ1n) is 9.71. The standard InChI is InChI=1S/C22H27N3O3/c1-22(2,3)17-9-5-6-10-18(17)23-21(26)16-11-12-19(20(15-16)25(27)28)24-13-7-4-8-14-24/h5-6,9-12,15H,4,7-8,13-14H2,1-3H3,(H,23,26). The maximum Gasteiger partial charge on any atom is 0.293 e. The molecule has 0 aromatic heterocycles. The summed E-state index contributed by atoms with van der Waals surface area (Å²) in [7, 11) is 0. The Bertz CT molecular complexity index is 881. The van der Waals surface area contributed by atoms with E-state index in [1.807, 2.05) is 29.2 Å². The van der Waals surface area contributed by atoms with Gasteiger partial charge in [0.25, 0.3) is 11.6 Å². The van der Waals surface area contributed by atoms with Crippen LogP contribution < -0.4 is 10.2 Å². The molecule has 1 fully saturated rings. The lowest BCUT2D eigenvalue weighted by Crippen LogP contribution is -2.30. The number of nitrogens with zero attached hydrogens (tertiary/aromatic N) is 2. The minimum atomic E-state index is -0.399. The molecular weight excluding hydrogens is 354 g/mol. The number of hydrogen-bond acceptors (Lipinski definition) is 4. The minimum Gasteiger partial charge on any atom is -0.366 e. The van der Waals surface area contributed by atoms with Crippen molar-refractivity contribution in [2.45, 2.75) is 45.4 Å². The summed E-state index contributed by atoms with van der Waals surface area (Å²) in [4.78, 5) is 26.1. The molecule has 148 valence electrons. The SMILES string of the molecule is CC(C)(C)c1ccccc1NC(=O)c1ccc(N2CCCCC2)c([N+](=O)[O-])c1. The van der Waals surface area contributed by atoms with E-state index in [-0.39, 0.29) is 22.6 Å². The zero-order chi connectivity index (χ0) is 20.3. The Morgan fingerprint density at radius 1 is 1.07 bits per heavy atom. The summed E-state index contributed by atoms with van der Waals surface area (Å²) >= 11 is 0. The topological polar surface area (TPSA) is 75.5 Å². The predicted molar refractivity (Wildman–Crippen MR) is 112 cm³/mol. The quantitative estimate of drug-likeness (QED) is 0.588. The summed E-state index contributed by atoms with van der Waals surface area (Å²) in [5, 5.41) is 14.6. The van der Waals surface area contributed by atoms with Crippen LogP contribution in [-0.4, -0.2) is 23.9 Å². The normalized spacial score (nSPS) is 14.6. The number of anilines is 2. The summed E-state index contributed by atoms with van der Waals surface area (Å²) in [5.74, 6) is -0.343. The number of carbonyl (C=O) groups excluding carboxylic acids is 1. The molecule has 1 saturated heterocycles. The third-order valence-electron chi connectivity index (χ3n) is 5.11. The number of benzene rings is 2. The molecular formula is C22H27N3O3. The highest BCUT2D eigenvalue weighted by Gasteiger charge is 2.24. The van der Waals surface area contributed by atoms with Crippen molar-refractivity contribution in [3.8, 4) is 0 Å². The molecule has 6 nitrogen and oxygen atoms in total. The number of carbonyl (C=O) groups is 1. The van der Waals surface area contributed by atoms with Gasteiger partial charge in [0.1, 0.15) is 5.69 Å². The van der Waals surface area contributed by atoms with E-state index in [9.17, 15) is 14.9 Å². The van der Waals surface area contributed by atoms with Crippen molar-refractivity contribution in [1.29, 1.82) is 0 Å². The second-order valence-corrected chi connectivity index (χ2v) is 8.26. The summed E-state index contributed by atoms with van der Waals surface area (Å²) in [6.45, 7) is 7.86. The number of nitro groups is 1. The van der Waals surface area contributed by atoms with Crippen LogP contribution in [0.3, 0.4) is 0 Å². The molecule has 6 heteroatoms. The van der Waals surface area contributed by atoms with E-state index >= 15 is 0 Å². The number of nitro benzene ring substituents is 1. The Kier molecular flexibility index (Phi) is 5.68. The van der Waals surface area contributed by atoms with Crippen LogP contribution in [0.25, 0.3) is 0 Å². The van der Waals surface area contributed by atoms with Gasteiger partial charge in [0.2, 0.25) is 0 Å². The van der Waals surface area contributed by atoms with Crippen LogP contribution >= 0.6 is 0 Å².